The Morgan fingerprint density at radius 2 is 2.47 bits per heavy atom. The summed E-state index contributed by atoms with van der Waals surface area (Å²) >= 11 is 2.07. The Bertz CT molecular complexity index is 283. The molecule has 0 aromatic carbocycles. The molecule has 2 nitrogen and oxygen atoms in total. The summed E-state index contributed by atoms with van der Waals surface area (Å²) in [5.74, 6) is 2.64. The predicted molar refractivity (Wildman–Crippen MR) is 66.3 cm³/mol. The van der Waals surface area contributed by atoms with E-state index in [1.807, 2.05) is 12.3 Å². The first-order chi connectivity index (χ1) is 7.36. The van der Waals surface area contributed by atoms with E-state index in [0.717, 1.165) is 19.0 Å². The van der Waals surface area contributed by atoms with Crippen LogP contribution in [0.4, 0.5) is 0 Å². The van der Waals surface area contributed by atoms with E-state index in [2.05, 4.69) is 40.8 Å². The zero-order valence-electron chi connectivity index (χ0n) is 9.22. The molecule has 0 spiro atoms. The molecule has 82 valence electrons. The van der Waals surface area contributed by atoms with Crippen LogP contribution in [0, 0.1) is 0 Å². The average Bonchev–Trinajstić information content (AvgIpc) is 2.81. The van der Waals surface area contributed by atoms with Crippen molar-refractivity contribution in [3.05, 3.63) is 30.1 Å². The largest absolute Gasteiger partial charge is 0.302 e. The van der Waals surface area contributed by atoms with E-state index in [1.54, 1.807) is 0 Å². The Balaban J connectivity index is 1.77. The van der Waals surface area contributed by atoms with Crippen molar-refractivity contribution in [2.45, 2.75) is 18.9 Å². The van der Waals surface area contributed by atoms with Gasteiger partial charge in [-0.25, -0.2) is 0 Å². The summed E-state index contributed by atoms with van der Waals surface area (Å²) in [7, 11) is 2.24. The van der Waals surface area contributed by atoms with Crippen molar-refractivity contribution in [1.82, 2.24) is 9.88 Å². The molecule has 0 bridgehead atoms. The minimum Gasteiger partial charge on any atom is -0.302 e. The lowest BCUT2D eigenvalue weighted by Gasteiger charge is -2.22. The number of likely N-dealkylation sites (N-methyl/N-ethyl adjacent to an activating group) is 1. The fourth-order valence-corrected chi connectivity index (χ4v) is 3.19. The van der Waals surface area contributed by atoms with E-state index in [4.69, 9.17) is 0 Å². The second kappa shape index (κ2) is 5.52. The normalized spacial score (nSPS) is 21.1. The second-order valence-corrected chi connectivity index (χ2v) is 5.22. The van der Waals surface area contributed by atoms with Crippen LogP contribution < -0.4 is 0 Å². The second-order valence-electron chi connectivity index (χ2n) is 4.07. The Morgan fingerprint density at radius 3 is 3.13 bits per heavy atom. The lowest BCUT2D eigenvalue weighted by atomic mass is 10.2. The van der Waals surface area contributed by atoms with Gasteiger partial charge in [-0.1, -0.05) is 6.07 Å². The topological polar surface area (TPSA) is 16.1 Å². The van der Waals surface area contributed by atoms with Gasteiger partial charge in [0.15, 0.2) is 0 Å². The maximum Gasteiger partial charge on any atom is 0.0416 e. The van der Waals surface area contributed by atoms with Crippen LogP contribution in [0.25, 0.3) is 0 Å². The highest BCUT2D eigenvalue weighted by molar-refractivity contribution is 7.99. The van der Waals surface area contributed by atoms with Crippen LogP contribution in [0.15, 0.2) is 24.4 Å². The van der Waals surface area contributed by atoms with Crippen LogP contribution in [-0.4, -0.2) is 41.0 Å². The molecule has 0 N–H and O–H groups in total. The molecule has 0 radical (unpaired) electrons. The molecule has 1 atom stereocenters. The van der Waals surface area contributed by atoms with E-state index >= 15 is 0 Å². The van der Waals surface area contributed by atoms with Gasteiger partial charge < -0.3 is 4.90 Å². The zero-order valence-corrected chi connectivity index (χ0v) is 10.0. The first kappa shape index (κ1) is 11.0. The quantitative estimate of drug-likeness (QED) is 0.776. The summed E-state index contributed by atoms with van der Waals surface area (Å²) in [4.78, 5) is 6.83. The number of aromatic nitrogens is 1. The molecule has 1 saturated heterocycles. The van der Waals surface area contributed by atoms with Crippen LogP contribution in [0.3, 0.4) is 0 Å². The number of thioether (sulfide) groups is 1. The maximum atomic E-state index is 4.35. The van der Waals surface area contributed by atoms with Gasteiger partial charge in [0, 0.05) is 36.7 Å². The number of pyridine rings is 1. The molecule has 2 rings (SSSR count). The first-order valence-corrected chi connectivity index (χ1v) is 6.69. The number of rotatable bonds is 4. The van der Waals surface area contributed by atoms with Gasteiger partial charge in [-0.3, -0.25) is 4.98 Å². The van der Waals surface area contributed by atoms with E-state index in [0.29, 0.717) is 0 Å². The maximum absolute atomic E-state index is 4.35. The minimum atomic E-state index is 0.790. The van der Waals surface area contributed by atoms with E-state index in [9.17, 15) is 0 Å². The summed E-state index contributed by atoms with van der Waals surface area (Å²) in [6.07, 6.45) is 4.29. The van der Waals surface area contributed by atoms with E-state index in [1.165, 1.54) is 23.6 Å². The van der Waals surface area contributed by atoms with Gasteiger partial charge in [0.25, 0.3) is 0 Å². The zero-order chi connectivity index (χ0) is 10.5. The van der Waals surface area contributed by atoms with Crippen molar-refractivity contribution >= 4 is 11.8 Å². The van der Waals surface area contributed by atoms with Gasteiger partial charge in [-0.15, -0.1) is 0 Å². The Kier molecular flexibility index (Phi) is 4.03. The Hall–Kier alpha value is -0.540. The molecule has 0 amide bonds. The van der Waals surface area contributed by atoms with Crippen LogP contribution >= 0.6 is 11.8 Å². The average molecular weight is 222 g/mol. The summed E-state index contributed by atoms with van der Waals surface area (Å²) in [5.41, 5.74) is 1.20. The van der Waals surface area contributed by atoms with Gasteiger partial charge >= 0.3 is 0 Å². The SMILES string of the molecule is CN(CCc1ccccn1)C1CCSC1. The highest BCUT2D eigenvalue weighted by Crippen LogP contribution is 2.21. The number of nitrogens with zero attached hydrogens (tertiary/aromatic N) is 2. The van der Waals surface area contributed by atoms with Crippen LogP contribution in [-0.2, 0) is 6.42 Å². The molecule has 1 aliphatic heterocycles. The molecule has 0 aliphatic carbocycles. The minimum absolute atomic E-state index is 0.790. The standard InChI is InChI=1S/C12H18N2S/c1-14(12-6-9-15-10-12)8-5-11-4-2-3-7-13-11/h2-4,7,12H,5-6,8-10H2,1H3. The highest BCUT2D eigenvalue weighted by atomic mass is 32.2. The third kappa shape index (κ3) is 3.21. The highest BCUT2D eigenvalue weighted by Gasteiger charge is 2.19. The Morgan fingerprint density at radius 1 is 1.53 bits per heavy atom. The fourth-order valence-electron chi connectivity index (χ4n) is 1.89. The number of hydrogen-bond donors (Lipinski definition) is 0. The molecular formula is C12H18N2S. The summed E-state index contributed by atoms with van der Waals surface area (Å²) in [6.45, 7) is 1.13. The molecule has 0 saturated carbocycles. The lowest BCUT2D eigenvalue weighted by Crippen LogP contribution is -2.33. The van der Waals surface area contributed by atoms with Crippen molar-refractivity contribution in [2.75, 3.05) is 25.1 Å². The lowest BCUT2D eigenvalue weighted by molar-refractivity contribution is 0.265. The van der Waals surface area contributed by atoms with Crippen LogP contribution in [0.2, 0.25) is 0 Å². The summed E-state index contributed by atoms with van der Waals surface area (Å²) in [6, 6.07) is 6.94. The molecule has 1 aromatic heterocycles. The van der Waals surface area contributed by atoms with E-state index < -0.39 is 0 Å². The molecule has 3 heteroatoms. The fraction of sp³-hybridized carbons (Fsp3) is 0.583. The predicted octanol–water partition coefficient (Wildman–Crippen LogP) is 2.06. The summed E-state index contributed by atoms with van der Waals surface area (Å²) in [5, 5.41) is 0. The molecule has 15 heavy (non-hydrogen) atoms. The van der Waals surface area contributed by atoms with Gasteiger partial charge in [0.05, 0.1) is 0 Å². The molecule has 1 unspecified atom stereocenters. The van der Waals surface area contributed by atoms with Crippen LogP contribution in [0.5, 0.6) is 0 Å². The monoisotopic (exact) mass is 222 g/mol. The Labute approximate surface area is 96.1 Å². The molecule has 2 heterocycles. The third-order valence-electron chi connectivity index (χ3n) is 2.98. The van der Waals surface area contributed by atoms with Crippen molar-refractivity contribution in [3.63, 3.8) is 0 Å². The molecule has 1 aromatic rings. The third-order valence-corrected chi connectivity index (χ3v) is 4.12. The van der Waals surface area contributed by atoms with Crippen LogP contribution in [0.1, 0.15) is 12.1 Å². The van der Waals surface area contributed by atoms with E-state index in [-0.39, 0.29) is 0 Å². The van der Waals surface area contributed by atoms with Gasteiger partial charge in [-0.05, 0) is 31.4 Å². The van der Waals surface area contributed by atoms with Crippen molar-refractivity contribution < 1.29 is 0 Å². The molecule has 1 aliphatic rings. The molecule has 1 fully saturated rings. The van der Waals surface area contributed by atoms with Gasteiger partial charge in [0.1, 0.15) is 0 Å². The van der Waals surface area contributed by atoms with Crippen molar-refractivity contribution in [1.29, 1.82) is 0 Å². The smallest absolute Gasteiger partial charge is 0.0416 e. The van der Waals surface area contributed by atoms with Crippen molar-refractivity contribution in [2.24, 2.45) is 0 Å². The van der Waals surface area contributed by atoms with Crippen molar-refractivity contribution in [3.8, 4) is 0 Å². The van der Waals surface area contributed by atoms with Gasteiger partial charge in [-0.2, -0.15) is 11.8 Å². The van der Waals surface area contributed by atoms with Gasteiger partial charge in [0.2, 0.25) is 0 Å². The molecular weight excluding hydrogens is 204 g/mol. The summed E-state index contributed by atoms with van der Waals surface area (Å²) < 4.78 is 0. The number of hydrogen-bond acceptors (Lipinski definition) is 3. The first-order valence-electron chi connectivity index (χ1n) is 5.54.